The Labute approximate surface area is 770 Å². The van der Waals surface area contributed by atoms with Gasteiger partial charge in [0.1, 0.15) is 73.8 Å². The first-order chi connectivity index (χ1) is 58.7. The summed E-state index contributed by atoms with van der Waals surface area (Å²) >= 11 is 3.06. The van der Waals surface area contributed by atoms with Gasteiger partial charge in [-0.25, -0.2) is 60.3 Å². The predicted molar refractivity (Wildman–Crippen MR) is 491 cm³/mol. The zero-order chi connectivity index (χ0) is 93.5. The molecule has 128 heavy (non-hydrogen) atoms. The number of aliphatic imine (C=N–C) groups is 3. The largest absolute Gasteiger partial charge is 1.00 e. The molecular formula is C90H108F6LiN13O13S3Si2. The number of amidine groups is 3. The Balaban J connectivity index is 0.000000296. The first-order valence-corrected chi connectivity index (χ1v) is 50.1. The normalized spacial score (nSPS) is 21.4. The van der Waals surface area contributed by atoms with Crippen LogP contribution in [0.25, 0.3) is 50.2 Å². The van der Waals surface area contributed by atoms with Crippen LogP contribution in [0.4, 0.5) is 53.0 Å². The molecular weight excluding hydrogens is 1740 g/mol. The number of hydrogen-bond acceptors (Lipinski definition) is 22. The average Bonchev–Trinajstić information content (AvgIpc) is 0.755. The number of carbonyl (C=O) groups is 5. The van der Waals surface area contributed by atoms with Gasteiger partial charge in [0.15, 0.2) is 15.5 Å². The first kappa shape index (κ1) is 107. The zero-order valence-corrected chi connectivity index (χ0v) is 80.1. The van der Waals surface area contributed by atoms with Crippen molar-refractivity contribution in [1.82, 2.24) is 29.7 Å². The third kappa shape index (κ3) is 29.3. The number of carbonyl (C=O) groups excluding carboxylic acids is 4. The molecule has 38 heteroatoms. The summed E-state index contributed by atoms with van der Waals surface area (Å²) in [6, 6.07) is 22.5. The number of nitrogens with two attached hydrogens (primary N) is 1. The fourth-order valence-corrected chi connectivity index (χ4v) is 19.1. The molecule has 6 aromatic rings. The first-order valence-electron chi connectivity index (χ1n) is 40.2. The van der Waals surface area contributed by atoms with Gasteiger partial charge in [0.05, 0.1) is 73.7 Å². The Bertz CT molecular complexity index is 5360. The van der Waals surface area contributed by atoms with E-state index in [4.69, 9.17) is 63.9 Å². The second kappa shape index (κ2) is 44.1. The van der Waals surface area contributed by atoms with Crippen molar-refractivity contribution >= 4 is 150 Å². The van der Waals surface area contributed by atoms with Gasteiger partial charge in [0, 0.05) is 97.0 Å². The smallest absolute Gasteiger partial charge is 0.870 e. The molecule has 2 unspecified atom stereocenters. The minimum atomic E-state index is -1.53. The molecule has 4 aliphatic rings. The maximum atomic E-state index is 15.7. The molecule has 680 valence electrons. The monoisotopic (exact) mass is 1850 g/mol. The van der Waals surface area contributed by atoms with Gasteiger partial charge in [-0.2, -0.15) is 0 Å². The van der Waals surface area contributed by atoms with E-state index in [1.165, 1.54) is 152 Å². The molecule has 3 aromatic carbocycles. The maximum absolute atomic E-state index is 15.7. The molecule has 0 spiro atoms. The number of carboxylic acids is 1. The third-order valence-corrected chi connectivity index (χ3v) is 26.9. The Morgan fingerprint density at radius 2 is 0.883 bits per heavy atom. The van der Waals surface area contributed by atoms with Crippen LogP contribution in [0, 0.1) is 37.2 Å². The number of thioether (sulfide) groups is 3. The summed E-state index contributed by atoms with van der Waals surface area (Å²) in [6.45, 7) is 56.8. The number of halogens is 6. The van der Waals surface area contributed by atoms with Crippen molar-refractivity contribution in [2.45, 2.75) is 196 Å². The van der Waals surface area contributed by atoms with Gasteiger partial charge >= 0.3 is 43.0 Å². The number of hydrogen-bond donors (Lipinski definition) is 2. The number of methoxy groups -OCH3 is 1. The summed E-state index contributed by atoms with van der Waals surface area (Å²) in [5, 5.41) is 10.6. The summed E-state index contributed by atoms with van der Waals surface area (Å²) < 4.78 is 121. The number of carboxylic acid groups (broad SMARTS) is 1. The van der Waals surface area contributed by atoms with Crippen molar-refractivity contribution in [1.29, 1.82) is 0 Å². The van der Waals surface area contributed by atoms with Crippen LogP contribution >= 0.6 is 35.3 Å². The number of nitrogens with zero attached hydrogens (tertiary/aromatic N) is 12. The van der Waals surface area contributed by atoms with Crippen LogP contribution < -0.4 is 24.6 Å². The zero-order valence-electron chi connectivity index (χ0n) is 75.6. The molecule has 0 saturated carbocycles. The minimum Gasteiger partial charge on any atom is -0.870 e. The summed E-state index contributed by atoms with van der Waals surface area (Å²) in [7, 11) is -1.63. The molecule has 4 aliphatic heterocycles. The number of rotatable bonds is 22. The van der Waals surface area contributed by atoms with E-state index in [0.29, 0.717) is 56.3 Å². The van der Waals surface area contributed by atoms with E-state index < -0.39 is 117 Å². The molecule has 6 atom stereocenters. The standard InChI is InChI=1S/C33H42F2N4O5SSi.C32H40F2N4O5SSi.C25H25F2N5O2S.Li.H2O/c1-31(2,3)44-30(41)39(21-43-15-16-46(8,9)10)29-38-32(4,20-33(5,45-29)28(40)42-7)24-17-22(11-13-25(24)34)18-26(35)27-14-12-23(36-6)19-37-27;1-30(2,3)43-29(41)38(20-42-14-15-45(7,8)9)28-37-31(4,19-32(5,44-28)27(39)40)23-16-21(10-12-24(23)33)17-25(34)26-13-11-22(35-6)18-36-26;1-24(15-25(2,35-23(28)31-24)22(33)32-8-10-34-11-9-32)18-12-16(4-6-19(18)26)13-20(27)21-7-5-17(29-3)14-30-21;;/h11-14,17-19H,15-16,20-21H2,1-5,7-10H3;10-13,16-18H,14-15,19-20H2,1-5,7-9H3,(H,39,40);4-7,12-14H,8-11,15H2,1-2H3,(H2,28,31);;1H2/q;;;+1;/p-1/b26-18-;25-17-;20-13-;;/t32-,33?;31-,32?;24-,25-;;/m000../s1. The van der Waals surface area contributed by atoms with Gasteiger partial charge in [-0.15, -0.1) is 0 Å². The van der Waals surface area contributed by atoms with Crippen molar-refractivity contribution in [2.75, 3.05) is 60.1 Å². The molecule has 1 fully saturated rings. The van der Waals surface area contributed by atoms with Crippen molar-refractivity contribution in [3.05, 3.63) is 212 Å². The van der Waals surface area contributed by atoms with E-state index in [2.05, 4.69) is 73.8 Å². The molecule has 7 heterocycles. The predicted octanol–water partition coefficient (Wildman–Crippen LogP) is 18.1. The van der Waals surface area contributed by atoms with Gasteiger partial charge < -0.3 is 49.6 Å². The summed E-state index contributed by atoms with van der Waals surface area (Å²) in [6.07, 6.45) is 5.99. The quantitative estimate of drug-likeness (QED) is 0.0121. The van der Waals surface area contributed by atoms with E-state index in [1.54, 1.807) is 81.1 Å². The van der Waals surface area contributed by atoms with Crippen molar-refractivity contribution in [3.8, 4) is 0 Å². The Morgan fingerprint density at radius 3 is 1.20 bits per heavy atom. The summed E-state index contributed by atoms with van der Waals surface area (Å²) in [5.41, 5.74) is 2.68. The van der Waals surface area contributed by atoms with Crippen molar-refractivity contribution in [2.24, 2.45) is 20.7 Å². The second-order valence-electron chi connectivity index (χ2n) is 36.0. The Morgan fingerprint density at radius 1 is 0.547 bits per heavy atom. The number of benzene rings is 3. The number of esters is 1. The summed E-state index contributed by atoms with van der Waals surface area (Å²) in [5.74, 6) is -5.69. The molecule has 10 rings (SSSR count). The molecule has 1 saturated heterocycles. The molecule has 0 bridgehead atoms. The van der Waals surface area contributed by atoms with E-state index in [0.717, 1.165) is 46.6 Å². The third-order valence-electron chi connectivity index (χ3n) is 19.9. The number of amides is 3. The van der Waals surface area contributed by atoms with Crippen LogP contribution in [0.3, 0.4) is 0 Å². The summed E-state index contributed by atoms with van der Waals surface area (Å²) in [4.78, 5) is 106. The van der Waals surface area contributed by atoms with Gasteiger partial charge in [-0.1, -0.05) is 111 Å². The van der Waals surface area contributed by atoms with Crippen LogP contribution in [-0.4, -0.2) is 187 Å². The van der Waals surface area contributed by atoms with Gasteiger partial charge in [-0.05, 0) is 185 Å². The van der Waals surface area contributed by atoms with E-state index in [-0.39, 0.29) is 129 Å². The minimum absolute atomic E-state index is 0. The van der Waals surface area contributed by atoms with Crippen molar-refractivity contribution < 1.29 is 108 Å². The molecule has 3 amide bonds. The van der Waals surface area contributed by atoms with Crippen LogP contribution in [0.1, 0.15) is 153 Å². The fourth-order valence-electron chi connectivity index (χ4n) is 13.6. The van der Waals surface area contributed by atoms with Crippen molar-refractivity contribution in [3.63, 3.8) is 0 Å². The van der Waals surface area contributed by atoms with Gasteiger partial charge in [-0.3, -0.25) is 44.3 Å². The van der Waals surface area contributed by atoms with Crippen LogP contribution in [0.5, 0.6) is 0 Å². The molecule has 0 radical (unpaired) electrons. The molecule has 26 nitrogen and oxygen atoms in total. The number of ether oxygens (including phenoxy) is 6. The molecule has 4 N–H and O–H groups in total. The number of pyridine rings is 3. The number of aliphatic carboxylic acids is 1. The van der Waals surface area contributed by atoms with E-state index in [9.17, 15) is 33.5 Å². The maximum Gasteiger partial charge on any atom is 1.00 e. The topological polar surface area (TPSA) is 316 Å². The van der Waals surface area contributed by atoms with Gasteiger partial charge in [0.25, 0.3) is 0 Å². The Kier molecular flexibility index (Phi) is 36.8. The van der Waals surface area contributed by atoms with E-state index >= 15 is 22.0 Å². The molecule has 0 aliphatic carbocycles. The fraction of sp³-hybridized carbons (Fsp3) is 0.444. The number of aromatic nitrogens is 3. The second-order valence-corrected chi connectivity index (χ2v) is 51.7. The van der Waals surface area contributed by atoms with Gasteiger partial charge in [0.2, 0.25) is 23.0 Å². The average molecular weight is 1850 g/mol. The number of morpholine rings is 1. The van der Waals surface area contributed by atoms with Crippen LogP contribution in [-0.2, 0) is 59.4 Å². The van der Waals surface area contributed by atoms with Crippen LogP contribution in [0.15, 0.2) is 125 Å². The van der Waals surface area contributed by atoms with E-state index in [1.807, 2.05) is 0 Å². The SMILES string of the molecule is [C-]#[N+]c1ccc(/C(F)=C/c2ccc(F)c([C@]3(C)CC(C)(C(=O)O)SC(N(COCC[Si](C)(C)C)C(=O)OC(C)(C)C)=N3)c2)nc1.[C-]#[N+]c1ccc(/C(F)=C/c2ccc(F)c([C@]3(C)CC(C)(C(=O)OC)SC(N(COCC[Si](C)(C)C)C(=O)OC(C)(C)C)=N3)c2)nc1.[C-]#[N+]c1ccc(/C(F)=C/c2ccc(F)c([C@]3(C)C[C@@](C)(C(=O)N4CCOCC4)SC(N)=N3)c2)nc1.[Li+].[OH-]. The van der Waals surface area contributed by atoms with Crippen LogP contribution in [0.2, 0.25) is 51.4 Å². The Hall–Kier alpha value is -9.94. The molecule has 3 aromatic heterocycles.